The number of hydrogen-bond acceptors (Lipinski definition) is 3. The van der Waals surface area contributed by atoms with Gasteiger partial charge in [-0.25, -0.2) is 4.39 Å². The maximum absolute atomic E-state index is 13.4. The highest BCUT2D eigenvalue weighted by atomic mass is 19.1. The Morgan fingerprint density at radius 2 is 1.65 bits per heavy atom. The van der Waals surface area contributed by atoms with Crippen LogP contribution in [-0.4, -0.2) is 37.7 Å². The van der Waals surface area contributed by atoms with Crippen LogP contribution >= 0.6 is 0 Å². The molecule has 4 heteroatoms. The zero-order chi connectivity index (χ0) is 21.5. The Labute approximate surface area is 184 Å². The molecular formula is C27H30FNO2. The highest BCUT2D eigenvalue weighted by molar-refractivity contribution is 5.30. The van der Waals surface area contributed by atoms with Crippen molar-refractivity contribution in [1.82, 2.24) is 4.90 Å². The first-order valence-corrected chi connectivity index (χ1v) is 11.0. The van der Waals surface area contributed by atoms with Gasteiger partial charge in [-0.15, -0.1) is 0 Å². The third kappa shape index (κ3) is 5.72. The van der Waals surface area contributed by atoms with Crippen LogP contribution < -0.4 is 4.74 Å². The Kier molecular flexibility index (Phi) is 7.34. The highest BCUT2D eigenvalue weighted by Gasteiger charge is 2.26. The molecule has 3 aromatic rings. The van der Waals surface area contributed by atoms with Gasteiger partial charge in [0, 0.05) is 12.6 Å². The second kappa shape index (κ2) is 10.6. The van der Waals surface area contributed by atoms with E-state index >= 15 is 0 Å². The number of halogens is 1. The van der Waals surface area contributed by atoms with E-state index in [4.69, 9.17) is 9.47 Å². The monoisotopic (exact) mass is 419 g/mol. The van der Waals surface area contributed by atoms with Crippen LogP contribution in [0.25, 0.3) is 0 Å². The van der Waals surface area contributed by atoms with Crippen LogP contribution in [0.4, 0.5) is 4.39 Å². The molecule has 1 fully saturated rings. The summed E-state index contributed by atoms with van der Waals surface area (Å²) in [6, 6.07) is 25.6. The zero-order valence-electron chi connectivity index (χ0n) is 18.0. The predicted octanol–water partition coefficient (Wildman–Crippen LogP) is 5.65. The molecule has 0 amide bonds. The summed E-state index contributed by atoms with van der Waals surface area (Å²) in [5.74, 6) is 0.667. The molecule has 0 aromatic heterocycles. The molecule has 4 rings (SSSR count). The minimum atomic E-state index is -0.226. The first-order valence-electron chi connectivity index (χ1n) is 11.0. The first-order chi connectivity index (χ1) is 15.2. The number of nitrogens with zero attached hydrogens (tertiary/aromatic N) is 1. The zero-order valence-corrected chi connectivity index (χ0v) is 18.0. The van der Waals surface area contributed by atoms with Gasteiger partial charge in [0.1, 0.15) is 17.7 Å². The Balaban J connectivity index is 1.39. The van der Waals surface area contributed by atoms with Crippen LogP contribution in [0, 0.1) is 5.82 Å². The van der Waals surface area contributed by atoms with E-state index in [-0.39, 0.29) is 11.9 Å². The number of likely N-dealkylation sites (tertiary alicyclic amines) is 1. The Bertz CT molecular complexity index is 928. The molecule has 0 N–H and O–H groups in total. The van der Waals surface area contributed by atoms with E-state index in [1.807, 2.05) is 42.5 Å². The molecular weight excluding hydrogens is 389 g/mol. The fraction of sp³-hybridized carbons (Fsp3) is 0.333. The summed E-state index contributed by atoms with van der Waals surface area (Å²) in [4.78, 5) is 2.54. The van der Waals surface area contributed by atoms with E-state index in [0.717, 1.165) is 42.8 Å². The smallest absolute Gasteiger partial charge is 0.123 e. The normalized spacial score (nSPS) is 17.5. The van der Waals surface area contributed by atoms with Gasteiger partial charge in [-0.3, -0.25) is 4.90 Å². The van der Waals surface area contributed by atoms with Crippen LogP contribution in [0.1, 0.15) is 35.6 Å². The average molecular weight is 420 g/mol. The molecule has 1 saturated heterocycles. The molecule has 3 aromatic carbocycles. The van der Waals surface area contributed by atoms with E-state index in [1.165, 1.54) is 24.1 Å². The van der Waals surface area contributed by atoms with E-state index in [9.17, 15) is 4.39 Å². The summed E-state index contributed by atoms with van der Waals surface area (Å²) in [5, 5.41) is 0. The third-order valence-electron chi connectivity index (χ3n) is 6.08. The van der Waals surface area contributed by atoms with Gasteiger partial charge in [0.2, 0.25) is 0 Å². The molecule has 0 aliphatic carbocycles. The third-order valence-corrected chi connectivity index (χ3v) is 6.08. The van der Waals surface area contributed by atoms with Crippen LogP contribution in [0.15, 0.2) is 78.9 Å². The molecule has 1 heterocycles. The minimum Gasteiger partial charge on any atom is -0.497 e. The van der Waals surface area contributed by atoms with E-state index in [2.05, 4.69) is 29.2 Å². The van der Waals surface area contributed by atoms with Crippen LogP contribution in [-0.2, 0) is 11.2 Å². The summed E-state index contributed by atoms with van der Waals surface area (Å²) in [6.45, 7) is 2.79. The van der Waals surface area contributed by atoms with E-state index in [0.29, 0.717) is 12.6 Å². The first kappa shape index (κ1) is 21.5. The second-order valence-electron chi connectivity index (χ2n) is 8.11. The second-order valence-corrected chi connectivity index (χ2v) is 8.11. The largest absolute Gasteiger partial charge is 0.497 e. The molecule has 0 spiro atoms. The van der Waals surface area contributed by atoms with Gasteiger partial charge in [0.05, 0.1) is 13.7 Å². The van der Waals surface area contributed by atoms with Crippen molar-refractivity contribution in [2.45, 2.75) is 31.4 Å². The molecule has 1 aliphatic rings. The van der Waals surface area contributed by atoms with Gasteiger partial charge < -0.3 is 9.47 Å². The van der Waals surface area contributed by atoms with Crippen molar-refractivity contribution in [3.63, 3.8) is 0 Å². The molecule has 0 bridgehead atoms. The summed E-state index contributed by atoms with van der Waals surface area (Å²) >= 11 is 0. The van der Waals surface area contributed by atoms with Gasteiger partial charge in [-0.1, -0.05) is 54.6 Å². The van der Waals surface area contributed by atoms with Crippen molar-refractivity contribution in [3.05, 3.63) is 101 Å². The lowest BCUT2D eigenvalue weighted by molar-refractivity contribution is 0.0381. The van der Waals surface area contributed by atoms with Crippen molar-refractivity contribution >= 4 is 0 Å². The highest BCUT2D eigenvalue weighted by Crippen LogP contribution is 2.28. The maximum atomic E-state index is 13.4. The van der Waals surface area contributed by atoms with Gasteiger partial charge in [-0.2, -0.15) is 0 Å². The molecule has 2 atom stereocenters. The number of rotatable bonds is 9. The Hall–Kier alpha value is -2.69. The lowest BCUT2D eigenvalue weighted by Gasteiger charge is -2.27. The number of benzene rings is 3. The average Bonchev–Trinajstić information content (AvgIpc) is 3.27. The Morgan fingerprint density at radius 1 is 0.935 bits per heavy atom. The molecule has 1 unspecified atom stereocenters. The van der Waals surface area contributed by atoms with E-state index < -0.39 is 0 Å². The lowest BCUT2D eigenvalue weighted by Crippen LogP contribution is -2.35. The van der Waals surface area contributed by atoms with Crippen molar-refractivity contribution in [3.8, 4) is 5.75 Å². The molecule has 1 aliphatic heterocycles. The molecule has 31 heavy (non-hydrogen) atoms. The summed E-state index contributed by atoms with van der Waals surface area (Å²) in [7, 11) is 1.69. The SMILES string of the molecule is COc1ccc(CCN2CCC[C@H]2COC(c2ccccc2)c2ccc(F)cc2)cc1. The van der Waals surface area contributed by atoms with Crippen molar-refractivity contribution < 1.29 is 13.9 Å². The topological polar surface area (TPSA) is 21.7 Å². The predicted molar refractivity (Wildman–Crippen MR) is 122 cm³/mol. The molecule has 0 radical (unpaired) electrons. The number of hydrogen-bond donors (Lipinski definition) is 0. The van der Waals surface area contributed by atoms with Crippen LogP contribution in [0.5, 0.6) is 5.75 Å². The summed E-state index contributed by atoms with van der Waals surface area (Å²) in [5.41, 5.74) is 3.40. The van der Waals surface area contributed by atoms with Crippen LogP contribution in [0.2, 0.25) is 0 Å². The van der Waals surface area contributed by atoms with Gasteiger partial charge in [-0.05, 0) is 66.8 Å². The van der Waals surface area contributed by atoms with E-state index in [1.54, 1.807) is 7.11 Å². The van der Waals surface area contributed by atoms with Crippen molar-refractivity contribution in [2.24, 2.45) is 0 Å². The maximum Gasteiger partial charge on any atom is 0.123 e. The quantitative estimate of drug-likeness (QED) is 0.448. The fourth-order valence-corrected chi connectivity index (χ4v) is 4.30. The van der Waals surface area contributed by atoms with Crippen LogP contribution in [0.3, 0.4) is 0 Å². The van der Waals surface area contributed by atoms with Crippen molar-refractivity contribution in [2.75, 3.05) is 26.8 Å². The molecule has 3 nitrogen and oxygen atoms in total. The van der Waals surface area contributed by atoms with Crippen molar-refractivity contribution in [1.29, 1.82) is 0 Å². The fourth-order valence-electron chi connectivity index (χ4n) is 4.30. The summed E-state index contributed by atoms with van der Waals surface area (Å²) < 4.78 is 25.2. The van der Waals surface area contributed by atoms with Gasteiger partial charge in [0.25, 0.3) is 0 Å². The van der Waals surface area contributed by atoms with Gasteiger partial charge >= 0.3 is 0 Å². The standard InChI is InChI=1S/C27H30FNO2/c1-30-26-15-9-21(10-16-26)17-19-29-18-5-8-25(29)20-31-27(22-6-3-2-4-7-22)23-11-13-24(28)14-12-23/h2-4,6-7,9-16,25,27H,5,8,17-20H2,1H3/t25-,27?/m0/s1. The minimum absolute atomic E-state index is 0.189. The molecule has 0 saturated carbocycles. The number of methoxy groups -OCH3 is 1. The lowest BCUT2D eigenvalue weighted by atomic mass is 10.0. The molecule has 162 valence electrons. The van der Waals surface area contributed by atoms with Gasteiger partial charge in [0.15, 0.2) is 0 Å². The number of ether oxygens (including phenoxy) is 2. The Morgan fingerprint density at radius 3 is 2.35 bits per heavy atom. The summed E-state index contributed by atoms with van der Waals surface area (Å²) in [6.07, 6.45) is 3.17.